The van der Waals surface area contributed by atoms with E-state index in [1.807, 2.05) is 18.2 Å². The van der Waals surface area contributed by atoms with E-state index in [1.54, 1.807) is 0 Å². The summed E-state index contributed by atoms with van der Waals surface area (Å²) in [5.74, 6) is 1.69. The highest BCUT2D eigenvalue weighted by molar-refractivity contribution is 6.10. The van der Waals surface area contributed by atoms with Crippen LogP contribution in [0.5, 0.6) is 11.5 Å². The summed E-state index contributed by atoms with van der Waals surface area (Å²) in [5.41, 5.74) is 14.0. The monoisotopic (exact) mass is 703 g/mol. The van der Waals surface area contributed by atoms with Gasteiger partial charge in [-0.25, -0.2) is 0 Å². The van der Waals surface area contributed by atoms with Gasteiger partial charge in [-0.05, 0) is 87.6 Å². The predicted molar refractivity (Wildman–Crippen MR) is 228 cm³/mol. The molecule has 0 amide bonds. The third-order valence-corrected chi connectivity index (χ3v) is 10.9. The van der Waals surface area contributed by atoms with Gasteiger partial charge in [0.05, 0.1) is 0 Å². The Balaban J connectivity index is 1.07. The van der Waals surface area contributed by atoms with Gasteiger partial charge in [-0.2, -0.15) is 0 Å². The number of hydrogen-bond donors (Lipinski definition) is 0. The van der Waals surface area contributed by atoms with Gasteiger partial charge < -0.3 is 14.1 Å². The fraction of sp³-hybridized carbons (Fsp3) is 0. The van der Waals surface area contributed by atoms with Gasteiger partial charge in [-0.1, -0.05) is 146 Å². The number of anilines is 3. The molecule has 258 valence electrons. The molecule has 0 bridgehead atoms. The van der Waals surface area contributed by atoms with Crippen LogP contribution < -0.4 is 9.64 Å². The van der Waals surface area contributed by atoms with Gasteiger partial charge in [0.1, 0.15) is 22.7 Å². The molecular formula is C52H33NO2. The van der Waals surface area contributed by atoms with Crippen molar-refractivity contribution in [2.75, 3.05) is 4.90 Å². The van der Waals surface area contributed by atoms with Crippen molar-refractivity contribution >= 4 is 49.8 Å². The van der Waals surface area contributed by atoms with Crippen LogP contribution in [0.4, 0.5) is 17.1 Å². The highest BCUT2D eigenvalue weighted by Gasteiger charge is 2.24. The summed E-state index contributed by atoms with van der Waals surface area (Å²) in [6, 6.07) is 70.9. The molecule has 0 fully saturated rings. The molecule has 2 heterocycles. The van der Waals surface area contributed by atoms with E-state index in [0.29, 0.717) is 0 Å². The molecule has 55 heavy (non-hydrogen) atoms. The summed E-state index contributed by atoms with van der Waals surface area (Å²) in [4.78, 5) is 2.33. The predicted octanol–water partition coefficient (Wildman–Crippen LogP) is 15.0. The Kier molecular flexibility index (Phi) is 7.17. The summed E-state index contributed by atoms with van der Waals surface area (Å²) >= 11 is 0. The van der Waals surface area contributed by atoms with E-state index in [0.717, 1.165) is 78.3 Å². The number of rotatable bonds is 5. The maximum Gasteiger partial charge on any atom is 0.143 e. The molecule has 11 rings (SSSR count). The summed E-state index contributed by atoms with van der Waals surface area (Å²) in [5, 5.41) is 4.66. The minimum Gasteiger partial charge on any atom is -0.456 e. The van der Waals surface area contributed by atoms with Crippen LogP contribution in [0.25, 0.3) is 77.2 Å². The van der Waals surface area contributed by atoms with Crippen molar-refractivity contribution in [1.82, 2.24) is 0 Å². The topological polar surface area (TPSA) is 25.6 Å². The smallest absolute Gasteiger partial charge is 0.143 e. The number of fused-ring (bicyclic) bond motifs is 10. The molecule has 1 aliphatic rings. The van der Waals surface area contributed by atoms with Crippen molar-refractivity contribution in [3.63, 3.8) is 0 Å². The zero-order chi connectivity index (χ0) is 36.3. The van der Waals surface area contributed by atoms with Crippen molar-refractivity contribution in [3.05, 3.63) is 200 Å². The maximum atomic E-state index is 6.74. The third-order valence-electron chi connectivity index (χ3n) is 10.9. The summed E-state index contributed by atoms with van der Waals surface area (Å²) in [7, 11) is 0. The molecule has 0 N–H and O–H groups in total. The number of hydrogen-bond acceptors (Lipinski definition) is 3. The molecule has 10 aromatic rings. The van der Waals surface area contributed by atoms with Crippen LogP contribution >= 0.6 is 0 Å². The SMILES string of the molecule is c1ccc(-c2ccc(N(c3ccc(-c4cccc5c4oc4ccccc45)cc3)c3ccc4c(c3)-c3ccc5ccccc5c3-c3ccccc3O4)cc2)cc1. The molecule has 3 heteroatoms. The molecule has 0 aliphatic carbocycles. The van der Waals surface area contributed by atoms with Gasteiger partial charge in [0, 0.05) is 50.1 Å². The maximum absolute atomic E-state index is 6.74. The van der Waals surface area contributed by atoms with E-state index in [4.69, 9.17) is 9.15 Å². The standard InChI is InChI=1S/C52H33NO2/c1-2-11-34(12-3-1)35-21-26-38(27-22-35)53(39-28-23-37(24-29-39)42-17-10-18-45-43-15-6-8-19-48(43)55-52(42)45)40-30-32-50-47(33-40)44-31-25-36-13-4-5-14-41(36)51(44)46-16-7-9-20-49(46)54-50/h1-33H. The zero-order valence-electron chi connectivity index (χ0n) is 29.8. The third kappa shape index (κ3) is 5.20. The Bertz CT molecular complexity index is 3050. The summed E-state index contributed by atoms with van der Waals surface area (Å²) in [6.45, 7) is 0. The molecule has 0 radical (unpaired) electrons. The van der Waals surface area contributed by atoms with E-state index in [9.17, 15) is 0 Å². The lowest BCUT2D eigenvalue weighted by Gasteiger charge is -2.27. The number of nitrogens with zero attached hydrogens (tertiary/aromatic N) is 1. The molecular weight excluding hydrogens is 671 g/mol. The average Bonchev–Trinajstić information content (AvgIpc) is 3.57. The first-order valence-electron chi connectivity index (χ1n) is 18.7. The minimum atomic E-state index is 0.832. The van der Waals surface area contributed by atoms with Crippen molar-refractivity contribution in [2.45, 2.75) is 0 Å². The normalized spacial score (nSPS) is 11.8. The van der Waals surface area contributed by atoms with Gasteiger partial charge >= 0.3 is 0 Å². The number of ether oxygens (including phenoxy) is 1. The van der Waals surface area contributed by atoms with E-state index in [2.05, 4.69) is 187 Å². The molecule has 1 aliphatic heterocycles. The van der Waals surface area contributed by atoms with Crippen LogP contribution in [-0.4, -0.2) is 0 Å². The van der Waals surface area contributed by atoms with Gasteiger partial charge in [0.2, 0.25) is 0 Å². The van der Waals surface area contributed by atoms with Crippen LogP contribution in [0.1, 0.15) is 0 Å². The van der Waals surface area contributed by atoms with E-state index < -0.39 is 0 Å². The molecule has 0 atom stereocenters. The Morgan fingerprint density at radius 2 is 0.964 bits per heavy atom. The van der Waals surface area contributed by atoms with Crippen molar-refractivity contribution < 1.29 is 9.15 Å². The molecule has 0 saturated heterocycles. The average molecular weight is 704 g/mol. The van der Waals surface area contributed by atoms with Crippen LogP contribution in [0.2, 0.25) is 0 Å². The second-order valence-electron chi connectivity index (χ2n) is 14.1. The lowest BCUT2D eigenvalue weighted by Crippen LogP contribution is -2.10. The Morgan fingerprint density at radius 3 is 1.80 bits per heavy atom. The molecule has 9 aromatic carbocycles. The van der Waals surface area contributed by atoms with Crippen LogP contribution in [0.15, 0.2) is 205 Å². The molecule has 0 spiro atoms. The highest BCUT2D eigenvalue weighted by atomic mass is 16.5. The Hall–Kier alpha value is -7.36. The van der Waals surface area contributed by atoms with Gasteiger partial charge in [-0.3, -0.25) is 0 Å². The first-order chi connectivity index (χ1) is 27.3. The first kappa shape index (κ1) is 31.2. The minimum absolute atomic E-state index is 0.832. The van der Waals surface area contributed by atoms with Gasteiger partial charge in [0.15, 0.2) is 0 Å². The van der Waals surface area contributed by atoms with E-state index >= 15 is 0 Å². The number of furan rings is 1. The number of benzene rings is 9. The van der Waals surface area contributed by atoms with Gasteiger partial charge in [-0.15, -0.1) is 0 Å². The van der Waals surface area contributed by atoms with Gasteiger partial charge in [0.25, 0.3) is 0 Å². The van der Waals surface area contributed by atoms with Crippen molar-refractivity contribution in [1.29, 1.82) is 0 Å². The zero-order valence-corrected chi connectivity index (χ0v) is 29.8. The number of para-hydroxylation sites is 3. The van der Waals surface area contributed by atoms with Crippen molar-refractivity contribution in [3.8, 4) is 56.0 Å². The fourth-order valence-corrected chi connectivity index (χ4v) is 8.27. The quantitative estimate of drug-likeness (QED) is 0.178. The summed E-state index contributed by atoms with van der Waals surface area (Å²) in [6.07, 6.45) is 0. The lowest BCUT2D eigenvalue weighted by molar-refractivity contribution is 0.488. The highest BCUT2D eigenvalue weighted by Crippen LogP contribution is 2.51. The largest absolute Gasteiger partial charge is 0.456 e. The molecule has 0 saturated carbocycles. The molecule has 1 aromatic heterocycles. The first-order valence-corrected chi connectivity index (χ1v) is 18.7. The molecule has 0 unspecified atom stereocenters. The second-order valence-corrected chi connectivity index (χ2v) is 14.1. The Morgan fingerprint density at radius 1 is 0.345 bits per heavy atom. The Labute approximate surface area is 318 Å². The fourth-order valence-electron chi connectivity index (χ4n) is 8.27. The summed E-state index contributed by atoms with van der Waals surface area (Å²) < 4.78 is 13.2. The van der Waals surface area contributed by atoms with E-state index in [-0.39, 0.29) is 0 Å². The van der Waals surface area contributed by atoms with Crippen LogP contribution in [-0.2, 0) is 0 Å². The van der Waals surface area contributed by atoms with Crippen LogP contribution in [0, 0.1) is 0 Å². The van der Waals surface area contributed by atoms with Crippen LogP contribution in [0.3, 0.4) is 0 Å². The van der Waals surface area contributed by atoms with Crippen molar-refractivity contribution in [2.24, 2.45) is 0 Å². The second kappa shape index (κ2) is 12.6. The lowest BCUT2D eigenvalue weighted by atomic mass is 9.89. The van der Waals surface area contributed by atoms with E-state index in [1.165, 1.54) is 27.5 Å². The molecule has 3 nitrogen and oxygen atoms in total.